The summed E-state index contributed by atoms with van der Waals surface area (Å²) in [5.74, 6) is 1.70. The van der Waals surface area contributed by atoms with Crippen molar-refractivity contribution < 1.29 is 13.9 Å². The molecule has 29 heavy (non-hydrogen) atoms. The normalized spacial score (nSPS) is 14.2. The average Bonchev–Trinajstić information content (AvgIpc) is 3.00. The van der Waals surface area contributed by atoms with E-state index in [1.165, 1.54) is 11.1 Å². The molecule has 1 amide bonds. The maximum absolute atomic E-state index is 13.0. The highest BCUT2D eigenvalue weighted by atomic mass is 16.5. The Morgan fingerprint density at radius 3 is 2.72 bits per heavy atom. The molecule has 4 rings (SSSR count). The third kappa shape index (κ3) is 3.67. The largest absolute Gasteiger partial charge is 0.493 e. The highest BCUT2D eigenvalue weighted by Gasteiger charge is 2.20. The molecule has 0 bridgehead atoms. The highest BCUT2D eigenvalue weighted by Crippen LogP contribution is 2.35. The molecule has 0 saturated carbocycles. The molecule has 0 saturated heterocycles. The van der Waals surface area contributed by atoms with E-state index in [4.69, 9.17) is 9.15 Å². The van der Waals surface area contributed by atoms with Gasteiger partial charge in [-0.1, -0.05) is 24.3 Å². The molecular formula is C25H27NO3. The van der Waals surface area contributed by atoms with E-state index in [9.17, 15) is 4.79 Å². The Labute approximate surface area is 171 Å². The van der Waals surface area contributed by atoms with Gasteiger partial charge in [-0.15, -0.1) is 0 Å². The SMILES string of the molecule is CCOc1cc2oc(C)c(C)c2cc1/C(C)=C/C(=O)N1CCc2ccccc2C1. The van der Waals surface area contributed by atoms with Crippen molar-refractivity contribution in [1.29, 1.82) is 0 Å². The van der Waals surface area contributed by atoms with E-state index in [2.05, 4.69) is 31.2 Å². The van der Waals surface area contributed by atoms with Crippen molar-refractivity contribution in [2.75, 3.05) is 13.2 Å². The number of fused-ring (bicyclic) bond motifs is 2. The lowest BCUT2D eigenvalue weighted by Gasteiger charge is -2.28. The second-order valence-corrected chi connectivity index (χ2v) is 7.67. The van der Waals surface area contributed by atoms with E-state index < -0.39 is 0 Å². The molecule has 0 radical (unpaired) electrons. The molecule has 1 aliphatic rings. The molecule has 1 aromatic heterocycles. The third-order valence-electron chi connectivity index (χ3n) is 5.78. The Morgan fingerprint density at radius 1 is 1.21 bits per heavy atom. The van der Waals surface area contributed by atoms with Crippen molar-refractivity contribution in [3.63, 3.8) is 0 Å². The smallest absolute Gasteiger partial charge is 0.247 e. The molecule has 4 nitrogen and oxygen atoms in total. The molecule has 2 heterocycles. The number of rotatable bonds is 4. The number of hydrogen-bond donors (Lipinski definition) is 0. The Morgan fingerprint density at radius 2 is 1.97 bits per heavy atom. The lowest BCUT2D eigenvalue weighted by molar-refractivity contribution is -0.126. The third-order valence-corrected chi connectivity index (χ3v) is 5.78. The molecular weight excluding hydrogens is 362 g/mol. The minimum absolute atomic E-state index is 0.0413. The summed E-state index contributed by atoms with van der Waals surface area (Å²) < 4.78 is 11.7. The average molecular weight is 389 g/mol. The van der Waals surface area contributed by atoms with E-state index in [0.717, 1.165) is 52.1 Å². The van der Waals surface area contributed by atoms with Crippen molar-refractivity contribution in [3.8, 4) is 5.75 Å². The van der Waals surface area contributed by atoms with Crippen LogP contribution in [0.1, 0.15) is 41.9 Å². The Balaban J connectivity index is 1.66. The maximum atomic E-state index is 13.0. The first-order valence-electron chi connectivity index (χ1n) is 10.2. The van der Waals surface area contributed by atoms with Crippen LogP contribution in [0, 0.1) is 13.8 Å². The van der Waals surface area contributed by atoms with Gasteiger partial charge in [-0.3, -0.25) is 4.79 Å². The molecule has 1 aliphatic heterocycles. The molecule has 0 unspecified atom stereocenters. The molecule has 0 aliphatic carbocycles. The van der Waals surface area contributed by atoms with Gasteiger partial charge in [-0.05, 0) is 62.4 Å². The summed E-state index contributed by atoms with van der Waals surface area (Å²) in [5, 5.41) is 1.06. The predicted octanol–water partition coefficient (Wildman–Crippen LogP) is 5.44. The molecule has 4 heteroatoms. The zero-order valence-electron chi connectivity index (χ0n) is 17.5. The minimum Gasteiger partial charge on any atom is -0.493 e. The summed E-state index contributed by atoms with van der Waals surface area (Å²) >= 11 is 0. The number of ether oxygens (including phenoxy) is 1. The minimum atomic E-state index is 0.0413. The van der Waals surface area contributed by atoms with Crippen molar-refractivity contribution in [2.45, 2.75) is 40.7 Å². The Hall–Kier alpha value is -3.01. The Kier molecular flexibility index (Phi) is 5.18. The first kappa shape index (κ1) is 19.3. The van der Waals surface area contributed by atoms with Crippen LogP contribution in [-0.2, 0) is 17.8 Å². The van der Waals surface area contributed by atoms with Gasteiger partial charge in [0, 0.05) is 36.2 Å². The Bertz CT molecular complexity index is 1110. The number of carbonyl (C=O) groups is 1. The van der Waals surface area contributed by atoms with Gasteiger partial charge in [0.2, 0.25) is 5.91 Å². The van der Waals surface area contributed by atoms with Crippen molar-refractivity contribution in [1.82, 2.24) is 4.90 Å². The van der Waals surface area contributed by atoms with Crippen molar-refractivity contribution in [3.05, 3.63) is 70.5 Å². The first-order chi connectivity index (χ1) is 14.0. The van der Waals surface area contributed by atoms with Crippen LogP contribution < -0.4 is 4.74 Å². The lowest BCUT2D eigenvalue weighted by Crippen LogP contribution is -2.34. The summed E-state index contributed by atoms with van der Waals surface area (Å²) in [7, 11) is 0. The van der Waals surface area contributed by atoms with Gasteiger partial charge in [0.15, 0.2) is 0 Å². The summed E-state index contributed by atoms with van der Waals surface area (Å²) in [4.78, 5) is 14.9. The van der Waals surface area contributed by atoms with Gasteiger partial charge in [0.25, 0.3) is 0 Å². The van der Waals surface area contributed by atoms with Crippen LogP contribution in [0.15, 0.2) is 46.9 Å². The quantitative estimate of drug-likeness (QED) is 0.558. The number of benzene rings is 2. The van der Waals surface area contributed by atoms with Crippen LogP contribution in [-0.4, -0.2) is 24.0 Å². The first-order valence-corrected chi connectivity index (χ1v) is 10.2. The molecule has 0 N–H and O–H groups in total. The molecule has 3 aromatic rings. The summed E-state index contributed by atoms with van der Waals surface area (Å²) in [6.07, 6.45) is 2.64. The maximum Gasteiger partial charge on any atom is 0.247 e. The standard InChI is InChI=1S/C25H27NO3/c1-5-28-23-14-24-22(17(3)18(4)29-24)13-21(23)16(2)12-25(27)26-11-10-19-8-6-7-9-20(19)15-26/h6-9,12-14H,5,10-11,15H2,1-4H3/b16-12+. The van der Waals surface area contributed by atoms with Crippen LogP contribution in [0.4, 0.5) is 0 Å². The highest BCUT2D eigenvalue weighted by molar-refractivity contribution is 5.97. The number of furan rings is 1. The lowest BCUT2D eigenvalue weighted by atomic mass is 9.99. The zero-order valence-corrected chi connectivity index (χ0v) is 17.5. The second-order valence-electron chi connectivity index (χ2n) is 7.67. The monoisotopic (exact) mass is 389 g/mol. The number of carbonyl (C=O) groups excluding carboxylic acids is 1. The van der Waals surface area contributed by atoms with E-state index in [1.54, 1.807) is 6.08 Å². The van der Waals surface area contributed by atoms with E-state index in [0.29, 0.717) is 13.2 Å². The van der Waals surface area contributed by atoms with Crippen molar-refractivity contribution in [2.24, 2.45) is 0 Å². The number of nitrogens with zero attached hydrogens (tertiary/aromatic N) is 1. The fraction of sp³-hybridized carbons (Fsp3) is 0.320. The topological polar surface area (TPSA) is 42.7 Å². The number of allylic oxidation sites excluding steroid dienone is 1. The van der Waals surface area contributed by atoms with Gasteiger partial charge in [-0.25, -0.2) is 0 Å². The van der Waals surface area contributed by atoms with Gasteiger partial charge in [-0.2, -0.15) is 0 Å². The summed E-state index contributed by atoms with van der Waals surface area (Å²) in [5.41, 5.74) is 6.35. The van der Waals surface area contributed by atoms with Crippen molar-refractivity contribution >= 4 is 22.4 Å². The van der Waals surface area contributed by atoms with Crippen LogP contribution in [0.2, 0.25) is 0 Å². The molecule has 150 valence electrons. The second kappa shape index (κ2) is 7.78. The van der Waals surface area contributed by atoms with Crippen LogP contribution in [0.3, 0.4) is 0 Å². The van der Waals surface area contributed by atoms with Gasteiger partial charge < -0.3 is 14.1 Å². The summed E-state index contributed by atoms with van der Waals surface area (Å²) in [6.45, 7) is 9.93. The fourth-order valence-electron chi connectivity index (χ4n) is 3.99. The number of amides is 1. The number of hydrogen-bond acceptors (Lipinski definition) is 3. The van der Waals surface area contributed by atoms with Gasteiger partial charge >= 0.3 is 0 Å². The summed E-state index contributed by atoms with van der Waals surface area (Å²) in [6, 6.07) is 12.4. The molecule has 2 aromatic carbocycles. The molecule has 0 spiro atoms. The fourth-order valence-corrected chi connectivity index (χ4v) is 3.99. The van der Waals surface area contributed by atoms with Crippen LogP contribution >= 0.6 is 0 Å². The van der Waals surface area contributed by atoms with E-state index in [-0.39, 0.29) is 5.91 Å². The molecule has 0 fully saturated rings. The van der Waals surface area contributed by atoms with Gasteiger partial charge in [0.1, 0.15) is 17.1 Å². The van der Waals surface area contributed by atoms with E-state index >= 15 is 0 Å². The molecule has 0 atom stereocenters. The van der Waals surface area contributed by atoms with E-state index in [1.807, 2.05) is 37.8 Å². The van der Waals surface area contributed by atoms with Gasteiger partial charge in [0.05, 0.1) is 6.61 Å². The number of aryl methyl sites for hydroxylation is 2. The van der Waals surface area contributed by atoms with Crippen LogP contribution in [0.25, 0.3) is 16.5 Å². The zero-order chi connectivity index (χ0) is 20.5. The van der Waals surface area contributed by atoms with Crippen LogP contribution in [0.5, 0.6) is 5.75 Å². The predicted molar refractivity (Wildman–Crippen MR) is 116 cm³/mol.